The summed E-state index contributed by atoms with van der Waals surface area (Å²) in [5.74, 6) is 1.98. The van der Waals surface area contributed by atoms with Gasteiger partial charge in [0.1, 0.15) is 17.4 Å². The number of nitrogens with zero attached hydrogens (tertiary/aromatic N) is 3. The summed E-state index contributed by atoms with van der Waals surface area (Å²) in [5, 5.41) is 0.906. The lowest BCUT2D eigenvalue weighted by Gasteiger charge is -2.12. The van der Waals surface area contributed by atoms with Gasteiger partial charge in [-0.15, -0.1) is 0 Å². The number of hydrogen-bond acceptors (Lipinski definition) is 4. The van der Waals surface area contributed by atoms with Crippen molar-refractivity contribution < 1.29 is 4.74 Å². The lowest BCUT2D eigenvalue weighted by molar-refractivity contribution is 0.413. The fraction of sp³-hybridized carbons (Fsp3) is 0.250. The summed E-state index contributed by atoms with van der Waals surface area (Å²) in [6, 6.07) is 7.88. The third-order valence-electron chi connectivity index (χ3n) is 3.82. The normalized spacial score (nSPS) is 11.0. The largest absolute Gasteiger partial charge is 0.495 e. The van der Waals surface area contributed by atoms with Gasteiger partial charge in [-0.3, -0.25) is 4.57 Å². The van der Waals surface area contributed by atoms with Crippen molar-refractivity contribution in [3.8, 4) is 11.4 Å². The molecule has 2 aromatic heterocycles. The van der Waals surface area contributed by atoms with Gasteiger partial charge < -0.3 is 10.5 Å². The van der Waals surface area contributed by atoms with Crippen LogP contribution in [0, 0.1) is 20.8 Å². The second kappa shape index (κ2) is 4.77. The summed E-state index contributed by atoms with van der Waals surface area (Å²) in [7, 11) is 1.67. The van der Waals surface area contributed by atoms with E-state index in [4.69, 9.17) is 10.5 Å². The standard InChI is InChI=1S/C16H18N4O/c1-9-10(2)20(12-7-5-6-8-13(12)21-4)16-14(9)15(17)18-11(3)19-16/h5-8H,1-4H3,(H2,17,18,19). The van der Waals surface area contributed by atoms with Gasteiger partial charge in [0.05, 0.1) is 18.2 Å². The minimum atomic E-state index is 0.520. The maximum atomic E-state index is 6.09. The number of nitrogens with two attached hydrogens (primary N) is 1. The number of fused-ring (bicyclic) bond motifs is 1. The Hall–Kier alpha value is -2.56. The second-order valence-electron chi connectivity index (χ2n) is 5.07. The van der Waals surface area contributed by atoms with Crippen molar-refractivity contribution in [1.82, 2.24) is 14.5 Å². The molecule has 0 bridgehead atoms. The number of para-hydroxylation sites is 2. The molecule has 0 fully saturated rings. The highest BCUT2D eigenvalue weighted by Crippen LogP contribution is 2.33. The third kappa shape index (κ3) is 1.93. The van der Waals surface area contributed by atoms with E-state index in [2.05, 4.69) is 21.5 Å². The van der Waals surface area contributed by atoms with Crippen molar-refractivity contribution in [2.45, 2.75) is 20.8 Å². The van der Waals surface area contributed by atoms with E-state index in [1.54, 1.807) is 7.11 Å². The summed E-state index contributed by atoms with van der Waals surface area (Å²) in [4.78, 5) is 8.86. The predicted octanol–water partition coefficient (Wildman–Crippen LogP) is 2.94. The summed E-state index contributed by atoms with van der Waals surface area (Å²) >= 11 is 0. The quantitative estimate of drug-likeness (QED) is 0.784. The van der Waals surface area contributed by atoms with Gasteiger partial charge in [-0.25, -0.2) is 9.97 Å². The average molecular weight is 282 g/mol. The van der Waals surface area contributed by atoms with E-state index < -0.39 is 0 Å². The van der Waals surface area contributed by atoms with E-state index in [1.807, 2.05) is 38.1 Å². The second-order valence-corrected chi connectivity index (χ2v) is 5.07. The highest BCUT2D eigenvalue weighted by molar-refractivity contribution is 5.92. The molecule has 0 saturated carbocycles. The zero-order valence-corrected chi connectivity index (χ0v) is 12.6. The number of methoxy groups -OCH3 is 1. The number of rotatable bonds is 2. The number of nitrogen functional groups attached to an aromatic ring is 1. The Morgan fingerprint density at radius 1 is 1.10 bits per heavy atom. The molecule has 0 radical (unpaired) electrons. The zero-order valence-electron chi connectivity index (χ0n) is 12.6. The van der Waals surface area contributed by atoms with Gasteiger partial charge in [-0.05, 0) is 38.5 Å². The van der Waals surface area contributed by atoms with Gasteiger partial charge in [-0.2, -0.15) is 0 Å². The summed E-state index contributed by atoms with van der Waals surface area (Å²) in [6.07, 6.45) is 0. The minimum absolute atomic E-state index is 0.520. The van der Waals surface area contributed by atoms with E-state index >= 15 is 0 Å². The average Bonchev–Trinajstić information content (AvgIpc) is 2.70. The molecule has 0 unspecified atom stereocenters. The molecule has 2 heterocycles. The van der Waals surface area contributed by atoms with Gasteiger partial charge in [0.2, 0.25) is 0 Å². The van der Waals surface area contributed by atoms with Crippen molar-refractivity contribution in [3.63, 3.8) is 0 Å². The molecule has 108 valence electrons. The van der Waals surface area contributed by atoms with Crippen LogP contribution in [0.15, 0.2) is 24.3 Å². The van der Waals surface area contributed by atoms with Crippen LogP contribution in [0.4, 0.5) is 5.82 Å². The molecule has 2 N–H and O–H groups in total. The lowest BCUT2D eigenvalue weighted by atomic mass is 10.2. The van der Waals surface area contributed by atoms with E-state index in [1.165, 1.54) is 0 Å². The molecule has 0 saturated heterocycles. The zero-order chi connectivity index (χ0) is 15.1. The predicted molar refractivity (Wildman–Crippen MR) is 84.0 cm³/mol. The molecule has 3 aromatic rings. The Morgan fingerprint density at radius 3 is 2.52 bits per heavy atom. The van der Waals surface area contributed by atoms with Crippen molar-refractivity contribution in [2.75, 3.05) is 12.8 Å². The lowest BCUT2D eigenvalue weighted by Crippen LogP contribution is -2.03. The van der Waals surface area contributed by atoms with Crippen molar-refractivity contribution >= 4 is 16.9 Å². The first-order valence-electron chi connectivity index (χ1n) is 6.79. The number of hydrogen-bond donors (Lipinski definition) is 1. The fourth-order valence-electron chi connectivity index (χ4n) is 2.72. The van der Waals surface area contributed by atoms with Gasteiger partial charge in [0, 0.05) is 5.69 Å². The highest BCUT2D eigenvalue weighted by atomic mass is 16.5. The minimum Gasteiger partial charge on any atom is -0.495 e. The topological polar surface area (TPSA) is 66.0 Å². The van der Waals surface area contributed by atoms with Gasteiger partial charge >= 0.3 is 0 Å². The molecule has 0 aliphatic rings. The monoisotopic (exact) mass is 282 g/mol. The Balaban J connectivity index is 2.46. The molecule has 5 heteroatoms. The van der Waals surface area contributed by atoms with Gasteiger partial charge in [-0.1, -0.05) is 12.1 Å². The van der Waals surface area contributed by atoms with Crippen LogP contribution < -0.4 is 10.5 Å². The molecule has 0 spiro atoms. The molecule has 0 aliphatic heterocycles. The van der Waals surface area contributed by atoms with E-state index in [0.29, 0.717) is 11.6 Å². The van der Waals surface area contributed by atoms with Crippen LogP contribution in [-0.2, 0) is 0 Å². The van der Waals surface area contributed by atoms with Crippen molar-refractivity contribution in [3.05, 3.63) is 41.3 Å². The Morgan fingerprint density at radius 2 is 1.81 bits per heavy atom. The van der Waals surface area contributed by atoms with Crippen LogP contribution >= 0.6 is 0 Å². The van der Waals surface area contributed by atoms with E-state index in [9.17, 15) is 0 Å². The number of aromatic nitrogens is 3. The first kappa shape index (κ1) is 13.4. The van der Waals surface area contributed by atoms with Gasteiger partial charge in [0.25, 0.3) is 0 Å². The maximum Gasteiger partial charge on any atom is 0.150 e. The molecule has 0 aliphatic carbocycles. The fourth-order valence-corrected chi connectivity index (χ4v) is 2.72. The molecule has 3 rings (SSSR count). The summed E-state index contributed by atoms with van der Waals surface area (Å²) in [5.41, 5.74) is 10.0. The number of benzene rings is 1. The van der Waals surface area contributed by atoms with Crippen LogP contribution in [0.25, 0.3) is 16.7 Å². The SMILES string of the molecule is COc1ccccc1-n1c(C)c(C)c2c(N)nc(C)nc21. The molecule has 5 nitrogen and oxygen atoms in total. The van der Waals surface area contributed by atoms with Crippen LogP contribution in [0.1, 0.15) is 17.1 Å². The van der Waals surface area contributed by atoms with Crippen LogP contribution in [-0.4, -0.2) is 21.6 Å². The van der Waals surface area contributed by atoms with E-state index in [0.717, 1.165) is 33.7 Å². The summed E-state index contributed by atoms with van der Waals surface area (Å²) < 4.78 is 7.56. The maximum absolute atomic E-state index is 6.09. The summed E-state index contributed by atoms with van der Waals surface area (Å²) in [6.45, 7) is 5.94. The number of aryl methyl sites for hydroxylation is 2. The van der Waals surface area contributed by atoms with Crippen LogP contribution in [0.2, 0.25) is 0 Å². The third-order valence-corrected chi connectivity index (χ3v) is 3.82. The first-order valence-corrected chi connectivity index (χ1v) is 6.79. The molecule has 21 heavy (non-hydrogen) atoms. The molecular formula is C16H18N4O. The van der Waals surface area contributed by atoms with Gasteiger partial charge in [0.15, 0.2) is 5.65 Å². The smallest absolute Gasteiger partial charge is 0.150 e. The number of anilines is 1. The Kier molecular flexibility index (Phi) is 3.05. The van der Waals surface area contributed by atoms with Crippen LogP contribution in [0.3, 0.4) is 0 Å². The first-order chi connectivity index (χ1) is 10.0. The number of ether oxygens (including phenoxy) is 1. The highest BCUT2D eigenvalue weighted by Gasteiger charge is 2.19. The Labute approximate surface area is 123 Å². The van der Waals surface area contributed by atoms with Crippen molar-refractivity contribution in [2.24, 2.45) is 0 Å². The molecule has 0 amide bonds. The van der Waals surface area contributed by atoms with Crippen LogP contribution in [0.5, 0.6) is 5.75 Å². The molecule has 0 atom stereocenters. The van der Waals surface area contributed by atoms with E-state index in [-0.39, 0.29) is 0 Å². The molecule has 1 aromatic carbocycles. The van der Waals surface area contributed by atoms with Crippen molar-refractivity contribution in [1.29, 1.82) is 0 Å². The Bertz CT molecular complexity index is 836. The molecular weight excluding hydrogens is 264 g/mol.